The van der Waals surface area contributed by atoms with E-state index < -0.39 is 0 Å². The summed E-state index contributed by atoms with van der Waals surface area (Å²) < 4.78 is 0. The van der Waals surface area contributed by atoms with Gasteiger partial charge in [0.15, 0.2) is 5.78 Å². The maximum Gasteiger partial charge on any atom is 0.187 e. The van der Waals surface area contributed by atoms with E-state index in [1.165, 1.54) is 6.08 Å². The predicted molar refractivity (Wildman–Crippen MR) is 88.9 cm³/mol. The van der Waals surface area contributed by atoms with Crippen molar-refractivity contribution in [2.24, 2.45) is 0 Å². The summed E-state index contributed by atoms with van der Waals surface area (Å²) in [5.74, 6) is -0.0481. The fourth-order valence-corrected chi connectivity index (χ4v) is 1.92. The summed E-state index contributed by atoms with van der Waals surface area (Å²) in [4.78, 5) is 12.6. The molecule has 0 aliphatic carbocycles. The van der Waals surface area contributed by atoms with Crippen molar-refractivity contribution in [1.82, 2.24) is 10.9 Å². The van der Waals surface area contributed by atoms with Crippen molar-refractivity contribution in [3.8, 4) is 0 Å². The van der Waals surface area contributed by atoms with Crippen LogP contribution in [0, 0.1) is 0 Å². The number of ketones is 1. The molecule has 0 aliphatic heterocycles. The Morgan fingerprint density at radius 2 is 1.43 bits per heavy atom. The third kappa shape index (κ3) is 4.54. The van der Waals surface area contributed by atoms with Gasteiger partial charge in [0.25, 0.3) is 0 Å². The number of rotatable bonds is 5. The molecule has 2 rings (SSSR count). The second kappa shape index (κ2) is 7.36. The topological polar surface area (TPSA) is 41.1 Å². The molecule has 0 radical (unpaired) electrons. The third-order valence-corrected chi connectivity index (χ3v) is 3.15. The summed E-state index contributed by atoms with van der Waals surface area (Å²) in [6.45, 7) is 1.81. The van der Waals surface area contributed by atoms with Gasteiger partial charge in [-0.25, -0.2) is 0 Å². The minimum atomic E-state index is -0.0481. The fraction of sp³-hybridized carbons (Fsp3) is 0.0588. The van der Waals surface area contributed by atoms with Crippen molar-refractivity contribution in [3.05, 3.63) is 83.6 Å². The van der Waals surface area contributed by atoms with E-state index >= 15 is 0 Å². The van der Waals surface area contributed by atoms with E-state index in [-0.39, 0.29) is 5.78 Å². The number of hydrogen-bond donors (Lipinski definition) is 2. The Balaban J connectivity index is 1.93. The minimum absolute atomic E-state index is 0.0481. The molecule has 2 aromatic carbocycles. The van der Waals surface area contributed by atoms with E-state index in [2.05, 4.69) is 10.9 Å². The molecule has 0 spiro atoms. The average molecular weight is 296 g/mol. The van der Waals surface area contributed by atoms with Crippen LogP contribution in [0.25, 0.3) is 0 Å². The van der Waals surface area contributed by atoms with Crippen LogP contribution in [0.4, 0.5) is 0 Å². The molecule has 0 bridgehead atoms. The lowest BCUT2D eigenvalue weighted by Gasteiger charge is -2.11. The normalized spacial score (nSPS) is 10.8. The first kappa shape index (κ1) is 14.9. The zero-order chi connectivity index (χ0) is 15.1. The molecule has 0 unspecified atom stereocenters. The average Bonchev–Trinajstić information content (AvgIpc) is 2.54. The highest BCUT2D eigenvalue weighted by Gasteiger charge is 2.03. The Kier molecular flexibility index (Phi) is 5.23. The van der Waals surface area contributed by atoms with Crippen molar-refractivity contribution in [2.75, 3.05) is 0 Å². The predicted octanol–water partition coefficient (Wildman–Crippen LogP) is 3.24. The largest absolute Gasteiger partial charge is 0.304 e. The zero-order valence-corrected chi connectivity index (χ0v) is 12.5. The van der Waals surface area contributed by atoms with Crippen molar-refractivity contribution in [1.29, 1.82) is 0 Å². The Bertz CT molecular complexity index is 651. The summed E-state index contributed by atoms with van der Waals surface area (Å²) >= 11 is 5.26. The number of thiocarbonyl (C=S) groups is 1. The number of carbonyl (C=O) groups is 1. The van der Waals surface area contributed by atoms with Crippen molar-refractivity contribution < 1.29 is 4.79 Å². The van der Waals surface area contributed by atoms with E-state index in [0.29, 0.717) is 16.2 Å². The lowest BCUT2D eigenvalue weighted by Crippen LogP contribution is -2.35. The van der Waals surface area contributed by atoms with Gasteiger partial charge in [0.1, 0.15) is 4.99 Å². The van der Waals surface area contributed by atoms with Gasteiger partial charge in [-0.2, -0.15) is 0 Å². The maximum atomic E-state index is 12.0. The van der Waals surface area contributed by atoms with Crippen LogP contribution in [0.2, 0.25) is 0 Å². The lowest BCUT2D eigenvalue weighted by atomic mass is 10.1. The molecule has 21 heavy (non-hydrogen) atoms. The molecule has 0 saturated carbocycles. The van der Waals surface area contributed by atoms with Gasteiger partial charge in [-0.15, -0.1) is 0 Å². The lowest BCUT2D eigenvalue weighted by molar-refractivity contribution is 0.104. The zero-order valence-electron chi connectivity index (χ0n) is 11.7. The molecule has 4 heteroatoms. The standard InChI is InChI=1S/C17H16N2OS/c1-13(12-16(20)14-8-4-2-5-9-14)18-19-17(21)15-10-6-3-7-11-15/h2-12,18H,1H3,(H,19,21). The first-order valence-electron chi connectivity index (χ1n) is 6.56. The van der Waals surface area contributed by atoms with Gasteiger partial charge in [-0.1, -0.05) is 72.9 Å². The van der Waals surface area contributed by atoms with Gasteiger partial charge in [0, 0.05) is 22.9 Å². The highest BCUT2D eigenvalue weighted by atomic mass is 32.1. The van der Waals surface area contributed by atoms with Crippen LogP contribution < -0.4 is 10.9 Å². The summed E-state index contributed by atoms with van der Waals surface area (Å²) in [5, 5.41) is 0. The molecule has 0 fully saturated rings. The summed E-state index contributed by atoms with van der Waals surface area (Å²) in [5.41, 5.74) is 8.12. The molecule has 2 aromatic rings. The van der Waals surface area contributed by atoms with Gasteiger partial charge in [0.05, 0.1) is 0 Å². The highest BCUT2D eigenvalue weighted by Crippen LogP contribution is 2.02. The van der Waals surface area contributed by atoms with Gasteiger partial charge in [0.2, 0.25) is 0 Å². The molecule has 0 aromatic heterocycles. The molecule has 0 saturated heterocycles. The summed E-state index contributed by atoms with van der Waals surface area (Å²) in [6.07, 6.45) is 1.54. The molecule has 2 N–H and O–H groups in total. The van der Waals surface area contributed by atoms with E-state index in [0.717, 1.165) is 5.56 Å². The first-order chi connectivity index (χ1) is 10.2. The number of allylic oxidation sites excluding steroid dienone is 2. The smallest absolute Gasteiger partial charge is 0.187 e. The molecule has 3 nitrogen and oxygen atoms in total. The number of benzene rings is 2. The van der Waals surface area contributed by atoms with Crippen LogP contribution in [0.15, 0.2) is 72.4 Å². The Hall–Kier alpha value is -2.46. The van der Waals surface area contributed by atoms with Crippen LogP contribution in [0.3, 0.4) is 0 Å². The minimum Gasteiger partial charge on any atom is -0.304 e. The summed E-state index contributed by atoms with van der Waals surface area (Å²) in [6, 6.07) is 18.8. The van der Waals surface area contributed by atoms with Crippen LogP contribution in [0.5, 0.6) is 0 Å². The monoisotopic (exact) mass is 296 g/mol. The highest BCUT2D eigenvalue weighted by molar-refractivity contribution is 7.80. The van der Waals surface area contributed by atoms with Crippen LogP contribution in [-0.4, -0.2) is 10.8 Å². The van der Waals surface area contributed by atoms with E-state index in [1.807, 2.05) is 48.5 Å². The van der Waals surface area contributed by atoms with Crippen molar-refractivity contribution in [2.45, 2.75) is 6.92 Å². The van der Waals surface area contributed by atoms with Crippen molar-refractivity contribution >= 4 is 23.0 Å². The van der Waals surface area contributed by atoms with E-state index in [9.17, 15) is 4.79 Å². The number of hydrazine groups is 1. The Labute approximate surface area is 129 Å². The van der Waals surface area contributed by atoms with Gasteiger partial charge < -0.3 is 5.43 Å². The molecule has 0 heterocycles. The molecule has 106 valence electrons. The van der Waals surface area contributed by atoms with Crippen molar-refractivity contribution in [3.63, 3.8) is 0 Å². The van der Waals surface area contributed by atoms with Gasteiger partial charge in [-0.3, -0.25) is 10.2 Å². The molecule has 0 amide bonds. The SMILES string of the molecule is CC(=CC(=O)c1ccccc1)NNC(=S)c1ccccc1. The van der Waals surface area contributed by atoms with Gasteiger partial charge >= 0.3 is 0 Å². The Morgan fingerprint density at radius 1 is 0.905 bits per heavy atom. The Morgan fingerprint density at radius 3 is 2.00 bits per heavy atom. The molecular formula is C17H16N2OS. The molecule has 0 atom stereocenters. The number of hydrogen-bond acceptors (Lipinski definition) is 3. The second-order valence-electron chi connectivity index (χ2n) is 4.50. The number of nitrogens with one attached hydrogen (secondary N) is 2. The van der Waals surface area contributed by atoms with E-state index in [4.69, 9.17) is 12.2 Å². The van der Waals surface area contributed by atoms with Crippen LogP contribution in [-0.2, 0) is 0 Å². The second-order valence-corrected chi connectivity index (χ2v) is 4.91. The quantitative estimate of drug-likeness (QED) is 0.385. The molecular weight excluding hydrogens is 280 g/mol. The number of carbonyl (C=O) groups excluding carboxylic acids is 1. The third-order valence-electron chi connectivity index (χ3n) is 2.82. The first-order valence-corrected chi connectivity index (χ1v) is 6.97. The maximum absolute atomic E-state index is 12.0. The van der Waals surface area contributed by atoms with E-state index in [1.54, 1.807) is 19.1 Å². The fourth-order valence-electron chi connectivity index (χ4n) is 1.74. The summed E-state index contributed by atoms with van der Waals surface area (Å²) in [7, 11) is 0. The molecule has 0 aliphatic rings. The van der Waals surface area contributed by atoms with Gasteiger partial charge in [-0.05, 0) is 6.92 Å². The van der Waals surface area contributed by atoms with Crippen LogP contribution in [0.1, 0.15) is 22.8 Å². The van der Waals surface area contributed by atoms with Crippen LogP contribution >= 0.6 is 12.2 Å².